The maximum atomic E-state index is 11.4. The van der Waals surface area contributed by atoms with Gasteiger partial charge in [-0.3, -0.25) is 4.79 Å². The summed E-state index contributed by atoms with van der Waals surface area (Å²) in [4.78, 5) is 11.4. The molecule has 21 heavy (non-hydrogen) atoms. The van der Waals surface area contributed by atoms with E-state index in [4.69, 9.17) is 14.2 Å². The van der Waals surface area contributed by atoms with Crippen LogP contribution in [0.25, 0.3) is 0 Å². The van der Waals surface area contributed by atoms with Crippen molar-refractivity contribution in [3.63, 3.8) is 0 Å². The zero-order chi connectivity index (χ0) is 15.9. The fourth-order valence-electron chi connectivity index (χ4n) is 1.48. The van der Waals surface area contributed by atoms with Crippen LogP contribution in [0.15, 0.2) is 0 Å². The molecule has 0 aromatic carbocycles. The number of nitrogens with one attached hydrogen (secondary N) is 2. The van der Waals surface area contributed by atoms with E-state index >= 15 is 0 Å². The van der Waals surface area contributed by atoms with Crippen LogP contribution in [0.1, 0.15) is 37.0 Å². The maximum absolute atomic E-state index is 11.4. The lowest BCUT2D eigenvalue weighted by molar-refractivity contribution is -0.122. The fourth-order valence-corrected chi connectivity index (χ4v) is 1.48. The number of rotatable bonds is 14. The van der Waals surface area contributed by atoms with Crippen LogP contribution in [0.3, 0.4) is 0 Å². The largest absolute Gasteiger partial charge is 0.379 e. The minimum atomic E-state index is -0.00981. The highest BCUT2D eigenvalue weighted by molar-refractivity contribution is 5.75. The third-order valence-electron chi connectivity index (χ3n) is 2.52. The van der Waals surface area contributed by atoms with Crippen molar-refractivity contribution in [1.82, 2.24) is 10.6 Å². The Hall–Kier alpha value is -0.690. The van der Waals surface area contributed by atoms with E-state index in [1.807, 2.05) is 13.8 Å². The van der Waals surface area contributed by atoms with Gasteiger partial charge in [0, 0.05) is 28.4 Å². The molecule has 0 unspecified atom stereocenters. The lowest BCUT2D eigenvalue weighted by Crippen LogP contribution is -2.29. The summed E-state index contributed by atoms with van der Waals surface area (Å²) in [5, 5.41) is 6.05. The lowest BCUT2D eigenvalue weighted by atomic mass is 10.4. The first kappa shape index (κ1) is 20.3. The summed E-state index contributed by atoms with van der Waals surface area (Å²) in [5.41, 5.74) is 0. The predicted octanol–water partition coefficient (Wildman–Crippen LogP) is 1.44. The molecule has 6 nitrogen and oxygen atoms in total. The van der Waals surface area contributed by atoms with Gasteiger partial charge in [-0.05, 0) is 13.8 Å². The van der Waals surface area contributed by atoms with Crippen LogP contribution < -0.4 is 10.6 Å². The SMILES string of the molecule is CC(C)NCCOCCOCCC(=O)NCCOC(C)C.[HH].[HH]. The smallest absolute Gasteiger partial charge is 0.222 e. The van der Waals surface area contributed by atoms with Crippen LogP contribution in [-0.2, 0) is 19.0 Å². The molecular formula is C15H36N2O4. The highest BCUT2D eigenvalue weighted by Gasteiger charge is 2.01. The molecule has 0 aliphatic rings. The molecule has 0 aromatic rings. The van der Waals surface area contributed by atoms with Crippen LogP contribution in [0.4, 0.5) is 0 Å². The maximum Gasteiger partial charge on any atom is 0.222 e. The zero-order valence-electron chi connectivity index (χ0n) is 13.9. The van der Waals surface area contributed by atoms with E-state index in [1.165, 1.54) is 0 Å². The summed E-state index contributed by atoms with van der Waals surface area (Å²) < 4.78 is 16.1. The summed E-state index contributed by atoms with van der Waals surface area (Å²) in [6, 6.07) is 0.481. The van der Waals surface area contributed by atoms with E-state index in [9.17, 15) is 4.79 Å². The minimum Gasteiger partial charge on any atom is -0.379 e. The molecule has 0 rings (SSSR count). The van der Waals surface area contributed by atoms with Gasteiger partial charge in [0.2, 0.25) is 5.91 Å². The van der Waals surface area contributed by atoms with Crippen LogP contribution >= 0.6 is 0 Å². The normalized spacial score (nSPS) is 11.3. The Morgan fingerprint density at radius 2 is 1.62 bits per heavy atom. The lowest BCUT2D eigenvalue weighted by Gasteiger charge is -2.10. The Kier molecular flexibility index (Phi) is 13.8. The van der Waals surface area contributed by atoms with Crippen LogP contribution in [0.2, 0.25) is 0 Å². The molecule has 0 bridgehead atoms. The Balaban J connectivity index is -0.00000200. The number of hydrogen-bond acceptors (Lipinski definition) is 5. The highest BCUT2D eigenvalue weighted by atomic mass is 16.5. The quantitative estimate of drug-likeness (QED) is 0.475. The van der Waals surface area contributed by atoms with Gasteiger partial charge in [-0.25, -0.2) is 0 Å². The molecular weight excluding hydrogens is 272 g/mol. The fraction of sp³-hybridized carbons (Fsp3) is 0.933. The van der Waals surface area contributed by atoms with Crippen LogP contribution in [-0.4, -0.2) is 64.2 Å². The second-order valence-electron chi connectivity index (χ2n) is 5.35. The van der Waals surface area contributed by atoms with E-state index in [0.29, 0.717) is 52.0 Å². The van der Waals surface area contributed by atoms with Crippen molar-refractivity contribution in [1.29, 1.82) is 0 Å². The average Bonchev–Trinajstić information content (AvgIpc) is 2.41. The molecule has 0 saturated heterocycles. The molecule has 0 heterocycles. The minimum absolute atomic E-state index is 0. The van der Waals surface area contributed by atoms with Crippen LogP contribution in [0.5, 0.6) is 0 Å². The molecule has 0 spiro atoms. The Morgan fingerprint density at radius 1 is 0.952 bits per heavy atom. The summed E-state index contributed by atoms with van der Waals surface area (Å²) in [6.45, 7) is 12.3. The average molecular weight is 308 g/mol. The number of carbonyl (C=O) groups excluding carboxylic acids is 1. The first-order chi connectivity index (χ1) is 10.0. The van der Waals surface area contributed by atoms with Crippen molar-refractivity contribution >= 4 is 5.91 Å². The van der Waals surface area contributed by atoms with E-state index in [2.05, 4.69) is 24.5 Å². The van der Waals surface area contributed by atoms with E-state index in [-0.39, 0.29) is 14.9 Å². The van der Waals surface area contributed by atoms with E-state index < -0.39 is 0 Å². The van der Waals surface area contributed by atoms with Crippen LogP contribution in [0, 0.1) is 0 Å². The Bertz CT molecular complexity index is 258. The molecule has 0 aliphatic carbocycles. The number of carbonyl (C=O) groups is 1. The van der Waals surface area contributed by atoms with E-state index in [1.54, 1.807) is 0 Å². The topological polar surface area (TPSA) is 68.8 Å². The molecule has 1 amide bonds. The number of amides is 1. The van der Waals surface area contributed by atoms with Gasteiger partial charge in [-0.2, -0.15) is 0 Å². The van der Waals surface area contributed by atoms with Crippen molar-refractivity contribution in [2.24, 2.45) is 0 Å². The molecule has 130 valence electrons. The van der Waals surface area contributed by atoms with E-state index in [0.717, 1.165) is 6.54 Å². The van der Waals surface area contributed by atoms with Gasteiger partial charge in [0.15, 0.2) is 0 Å². The monoisotopic (exact) mass is 308 g/mol. The van der Waals surface area contributed by atoms with Crippen molar-refractivity contribution in [3.8, 4) is 0 Å². The Labute approximate surface area is 131 Å². The molecule has 2 N–H and O–H groups in total. The van der Waals surface area contributed by atoms with Gasteiger partial charge in [0.05, 0.1) is 39.1 Å². The molecule has 0 aliphatic heterocycles. The molecule has 6 heteroatoms. The molecule has 0 fully saturated rings. The second kappa shape index (κ2) is 14.3. The zero-order valence-corrected chi connectivity index (χ0v) is 13.9. The first-order valence-corrected chi connectivity index (χ1v) is 7.79. The van der Waals surface area contributed by atoms with Gasteiger partial charge >= 0.3 is 0 Å². The molecule has 0 aromatic heterocycles. The molecule has 0 radical (unpaired) electrons. The predicted molar refractivity (Wildman–Crippen MR) is 87.7 cm³/mol. The van der Waals surface area contributed by atoms with Gasteiger partial charge in [0.25, 0.3) is 0 Å². The number of hydrogen-bond donors (Lipinski definition) is 2. The Morgan fingerprint density at radius 3 is 2.24 bits per heavy atom. The van der Waals surface area contributed by atoms with Gasteiger partial charge in [-0.15, -0.1) is 0 Å². The van der Waals surface area contributed by atoms with Crippen molar-refractivity contribution in [3.05, 3.63) is 0 Å². The first-order valence-electron chi connectivity index (χ1n) is 7.79. The van der Waals surface area contributed by atoms with Crippen molar-refractivity contribution in [2.45, 2.75) is 46.3 Å². The van der Waals surface area contributed by atoms with Gasteiger partial charge in [-0.1, -0.05) is 13.8 Å². The summed E-state index contributed by atoms with van der Waals surface area (Å²) in [5.74, 6) is -0.00981. The third-order valence-corrected chi connectivity index (χ3v) is 2.52. The van der Waals surface area contributed by atoms with Crippen molar-refractivity contribution < 1.29 is 21.9 Å². The van der Waals surface area contributed by atoms with Crippen molar-refractivity contribution in [2.75, 3.05) is 46.1 Å². The molecule has 0 atom stereocenters. The van der Waals surface area contributed by atoms with Gasteiger partial charge < -0.3 is 24.8 Å². The second-order valence-corrected chi connectivity index (χ2v) is 5.35. The third kappa shape index (κ3) is 17.3. The standard InChI is InChI=1S/C15H32N2O4.2H2/c1-13(2)16-6-9-20-12-11-19-8-5-15(18)17-7-10-21-14(3)4;;/h13-14,16H,5-12H2,1-4H3,(H,17,18);2*1H. The summed E-state index contributed by atoms with van der Waals surface area (Å²) in [7, 11) is 0. The summed E-state index contributed by atoms with van der Waals surface area (Å²) >= 11 is 0. The summed E-state index contributed by atoms with van der Waals surface area (Å²) in [6.07, 6.45) is 0.567. The number of ether oxygens (including phenoxy) is 3. The highest BCUT2D eigenvalue weighted by Crippen LogP contribution is 1.87. The van der Waals surface area contributed by atoms with Gasteiger partial charge in [0.1, 0.15) is 0 Å². The molecule has 0 saturated carbocycles.